The van der Waals surface area contributed by atoms with Crippen molar-refractivity contribution in [3.63, 3.8) is 0 Å². The van der Waals surface area contributed by atoms with Gasteiger partial charge in [-0.3, -0.25) is 19.3 Å². The summed E-state index contributed by atoms with van der Waals surface area (Å²) in [6, 6.07) is 11.7. The summed E-state index contributed by atoms with van der Waals surface area (Å²) in [5.41, 5.74) is 0.902. The molecule has 204 valence electrons. The van der Waals surface area contributed by atoms with Gasteiger partial charge in [-0.2, -0.15) is 0 Å². The van der Waals surface area contributed by atoms with Gasteiger partial charge in [0, 0.05) is 43.1 Å². The van der Waals surface area contributed by atoms with Gasteiger partial charge in [-0.25, -0.2) is 0 Å². The molecule has 0 aromatic heterocycles. The van der Waals surface area contributed by atoms with Crippen LogP contribution < -0.4 is 14.8 Å². The molecule has 0 radical (unpaired) electrons. The van der Waals surface area contributed by atoms with Crippen molar-refractivity contribution in [2.45, 2.75) is 57.8 Å². The van der Waals surface area contributed by atoms with E-state index in [4.69, 9.17) is 14.2 Å². The van der Waals surface area contributed by atoms with Crippen molar-refractivity contribution in [1.29, 1.82) is 0 Å². The van der Waals surface area contributed by atoms with Crippen molar-refractivity contribution < 1.29 is 28.6 Å². The highest BCUT2D eigenvalue weighted by Gasteiger charge is 2.54. The third-order valence-electron chi connectivity index (χ3n) is 7.62. The molecular weight excluding hydrogens is 486 g/mol. The van der Waals surface area contributed by atoms with Crippen molar-refractivity contribution in [1.82, 2.24) is 15.1 Å². The van der Waals surface area contributed by atoms with E-state index in [0.717, 1.165) is 12.0 Å². The molecule has 3 amide bonds. The Morgan fingerprint density at radius 3 is 2.37 bits per heavy atom. The molecule has 2 fully saturated rings. The maximum atomic E-state index is 13.9. The van der Waals surface area contributed by atoms with Crippen LogP contribution >= 0.6 is 0 Å². The largest absolute Gasteiger partial charge is 0.493 e. The molecule has 2 atom stereocenters. The van der Waals surface area contributed by atoms with Gasteiger partial charge in [0.2, 0.25) is 5.91 Å². The number of hydrogen-bond donors (Lipinski definition) is 1. The van der Waals surface area contributed by atoms with Crippen LogP contribution in [-0.2, 0) is 9.53 Å². The maximum Gasteiger partial charge on any atom is 0.257 e. The molecule has 2 aliphatic heterocycles. The van der Waals surface area contributed by atoms with Gasteiger partial charge in [0.25, 0.3) is 11.8 Å². The number of rotatable bonds is 7. The molecule has 4 rings (SSSR count). The number of amides is 3. The maximum absolute atomic E-state index is 13.9. The Morgan fingerprint density at radius 2 is 1.74 bits per heavy atom. The summed E-state index contributed by atoms with van der Waals surface area (Å²) >= 11 is 0. The monoisotopic (exact) mass is 523 g/mol. The first kappa shape index (κ1) is 27.4. The van der Waals surface area contributed by atoms with Crippen molar-refractivity contribution in [3.05, 3.63) is 59.2 Å². The van der Waals surface area contributed by atoms with Gasteiger partial charge in [-0.15, -0.1) is 0 Å². The van der Waals surface area contributed by atoms with Crippen molar-refractivity contribution >= 4 is 17.7 Å². The summed E-state index contributed by atoms with van der Waals surface area (Å²) in [4.78, 5) is 43.9. The minimum Gasteiger partial charge on any atom is -0.493 e. The van der Waals surface area contributed by atoms with Gasteiger partial charge in [0.05, 0.1) is 20.8 Å². The first-order chi connectivity index (χ1) is 18.2. The summed E-state index contributed by atoms with van der Waals surface area (Å²) in [6.07, 6.45) is 1.58. The number of ether oxygens (including phenoxy) is 3. The fourth-order valence-corrected chi connectivity index (χ4v) is 5.16. The number of piperidine rings is 1. The van der Waals surface area contributed by atoms with E-state index in [1.165, 1.54) is 7.11 Å². The second-order valence-corrected chi connectivity index (χ2v) is 9.94. The summed E-state index contributed by atoms with van der Waals surface area (Å²) in [6.45, 7) is 6.70. The Labute approximate surface area is 224 Å². The number of carbonyl (C=O) groups excluding carboxylic acids is 3. The predicted octanol–water partition coefficient (Wildman–Crippen LogP) is 3.40. The number of nitrogens with zero attached hydrogens (tertiary/aromatic N) is 2. The highest BCUT2D eigenvalue weighted by molar-refractivity contribution is 5.99. The third kappa shape index (κ3) is 5.20. The molecule has 1 spiro atoms. The number of hydrogen-bond acceptors (Lipinski definition) is 6. The summed E-state index contributed by atoms with van der Waals surface area (Å²) in [5.74, 6) is 0.442. The third-order valence-corrected chi connectivity index (χ3v) is 7.62. The number of aryl methyl sites for hydroxylation is 1. The van der Waals surface area contributed by atoms with Gasteiger partial charge in [-0.1, -0.05) is 25.1 Å². The van der Waals surface area contributed by atoms with Gasteiger partial charge >= 0.3 is 0 Å². The highest BCUT2D eigenvalue weighted by Crippen LogP contribution is 2.39. The van der Waals surface area contributed by atoms with Crippen LogP contribution in [0, 0.1) is 6.92 Å². The molecule has 0 saturated carbocycles. The number of likely N-dealkylation sites (tertiary alicyclic amines) is 1. The summed E-state index contributed by atoms with van der Waals surface area (Å²) in [5, 5.41) is 3.01. The topological polar surface area (TPSA) is 97.4 Å². The summed E-state index contributed by atoms with van der Waals surface area (Å²) < 4.78 is 16.9. The van der Waals surface area contributed by atoms with Gasteiger partial charge in [-0.05, 0) is 50.1 Å². The first-order valence-electron chi connectivity index (χ1n) is 13.1. The molecule has 2 aromatic rings. The lowest BCUT2D eigenvalue weighted by Crippen LogP contribution is -2.60. The molecule has 9 heteroatoms. The second kappa shape index (κ2) is 11.4. The number of carbonyl (C=O) groups is 3. The van der Waals surface area contributed by atoms with Crippen molar-refractivity contribution in [3.8, 4) is 11.5 Å². The standard InChI is InChI=1S/C29H37N3O6/c1-6-20(3)30-26(33)23-18-38-29(32(23)28(35)22-10-8-7-9-19(22)2)13-15-31(16-14-29)27(34)21-11-12-24(36-4)25(17-21)37-5/h7-12,17,20,23H,6,13-16,18H2,1-5H3,(H,30,33)/t20-,23+/m0/s1. The van der Waals surface area contributed by atoms with E-state index in [0.29, 0.717) is 48.6 Å². The Balaban J connectivity index is 1.58. The molecule has 9 nitrogen and oxygen atoms in total. The molecule has 38 heavy (non-hydrogen) atoms. The molecule has 0 unspecified atom stereocenters. The molecule has 0 bridgehead atoms. The lowest BCUT2D eigenvalue weighted by atomic mass is 9.95. The fraction of sp³-hybridized carbons (Fsp3) is 0.483. The molecular formula is C29H37N3O6. The molecule has 2 aromatic carbocycles. The summed E-state index contributed by atoms with van der Waals surface area (Å²) in [7, 11) is 3.08. The Kier molecular flexibility index (Phi) is 8.26. The average molecular weight is 524 g/mol. The van der Waals surface area contributed by atoms with Crippen LogP contribution in [0.5, 0.6) is 11.5 Å². The molecule has 2 aliphatic rings. The first-order valence-corrected chi connectivity index (χ1v) is 13.1. The van der Waals surface area contributed by atoms with E-state index in [-0.39, 0.29) is 30.4 Å². The zero-order valence-electron chi connectivity index (χ0n) is 22.8. The van der Waals surface area contributed by atoms with E-state index < -0.39 is 11.8 Å². The Hall–Kier alpha value is -3.59. The lowest BCUT2D eigenvalue weighted by molar-refractivity contribution is -0.128. The van der Waals surface area contributed by atoms with Crippen LogP contribution in [-0.4, -0.2) is 79.2 Å². The Bertz CT molecular complexity index is 1190. The number of nitrogens with one attached hydrogen (secondary N) is 1. The Morgan fingerprint density at radius 1 is 1.05 bits per heavy atom. The minimum absolute atomic E-state index is 0.0181. The zero-order chi connectivity index (χ0) is 27.4. The fourth-order valence-electron chi connectivity index (χ4n) is 5.16. The lowest BCUT2D eigenvalue weighted by Gasteiger charge is -2.44. The van der Waals surface area contributed by atoms with E-state index in [9.17, 15) is 14.4 Å². The van der Waals surface area contributed by atoms with Crippen molar-refractivity contribution in [2.75, 3.05) is 33.9 Å². The van der Waals surface area contributed by atoms with Crippen LogP contribution in [0.2, 0.25) is 0 Å². The normalized spacial score (nSPS) is 19.2. The van der Waals surface area contributed by atoms with E-state index in [1.807, 2.05) is 39.0 Å². The number of methoxy groups -OCH3 is 2. The van der Waals surface area contributed by atoms with E-state index in [2.05, 4.69) is 5.32 Å². The van der Waals surface area contributed by atoms with Crippen LogP contribution in [0.15, 0.2) is 42.5 Å². The number of benzene rings is 2. The van der Waals surface area contributed by atoms with Crippen LogP contribution in [0.25, 0.3) is 0 Å². The molecule has 1 N–H and O–H groups in total. The van der Waals surface area contributed by atoms with E-state index in [1.54, 1.807) is 41.2 Å². The molecule has 2 heterocycles. The van der Waals surface area contributed by atoms with Gasteiger partial charge < -0.3 is 24.4 Å². The molecule has 2 saturated heterocycles. The predicted molar refractivity (Wildman–Crippen MR) is 142 cm³/mol. The second-order valence-electron chi connectivity index (χ2n) is 9.94. The minimum atomic E-state index is -0.967. The van der Waals surface area contributed by atoms with Crippen LogP contribution in [0.4, 0.5) is 0 Å². The van der Waals surface area contributed by atoms with Gasteiger partial charge in [0.1, 0.15) is 11.8 Å². The van der Waals surface area contributed by atoms with Crippen LogP contribution in [0.3, 0.4) is 0 Å². The SMILES string of the molecule is CC[C@H](C)NC(=O)[C@H]1COC2(CCN(C(=O)c3ccc(OC)c(OC)c3)CC2)N1C(=O)c1ccccc1C. The molecule has 0 aliphatic carbocycles. The van der Waals surface area contributed by atoms with E-state index >= 15 is 0 Å². The smallest absolute Gasteiger partial charge is 0.257 e. The quantitative estimate of drug-likeness (QED) is 0.598. The zero-order valence-corrected chi connectivity index (χ0v) is 22.8. The van der Waals surface area contributed by atoms with Crippen molar-refractivity contribution in [2.24, 2.45) is 0 Å². The highest BCUT2D eigenvalue weighted by atomic mass is 16.5. The average Bonchev–Trinajstić information content (AvgIpc) is 3.30. The van der Waals surface area contributed by atoms with Crippen LogP contribution in [0.1, 0.15) is 59.4 Å². The van der Waals surface area contributed by atoms with Gasteiger partial charge in [0.15, 0.2) is 11.5 Å².